The van der Waals surface area contributed by atoms with E-state index in [0.29, 0.717) is 6.04 Å². The molecule has 0 spiro atoms. The predicted molar refractivity (Wildman–Crippen MR) is 68.8 cm³/mol. The first kappa shape index (κ1) is 11.0. The monoisotopic (exact) mass is 256 g/mol. The maximum Gasteiger partial charge on any atom is 0.0973 e. The number of halogens is 1. The van der Waals surface area contributed by atoms with Crippen molar-refractivity contribution >= 4 is 22.9 Å². The lowest BCUT2D eigenvalue weighted by atomic mass is 9.98. The Morgan fingerprint density at radius 1 is 1.44 bits per heavy atom. The van der Waals surface area contributed by atoms with Crippen molar-refractivity contribution in [2.45, 2.75) is 25.4 Å². The molecule has 0 radical (unpaired) electrons. The van der Waals surface area contributed by atoms with Gasteiger partial charge in [-0.15, -0.1) is 11.3 Å². The minimum Gasteiger partial charge on any atom is -0.327 e. The lowest BCUT2D eigenvalue weighted by Crippen LogP contribution is -2.30. The molecule has 3 rings (SSSR count). The molecule has 4 heteroatoms. The van der Waals surface area contributed by atoms with Crippen LogP contribution in [0.3, 0.4) is 0 Å². The van der Waals surface area contributed by atoms with Gasteiger partial charge in [-0.05, 0) is 41.7 Å². The van der Waals surface area contributed by atoms with E-state index in [0.717, 1.165) is 29.3 Å². The summed E-state index contributed by atoms with van der Waals surface area (Å²) in [6.45, 7) is 3.38. The quantitative estimate of drug-likeness (QED) is 0.881. The highest BCUT2D eigenvalue weighted by molar-refractivity contribution is 7.14. The molecule has 2 aliphatic rings. The molecule has 2 heterocycles. The molecule has 2 N–H and O–H groups in total. The molecule has 1 aliphatic carbocycles. The van der Waals surface area contributed by atoms with E-state index < -0.39 is 0 Å². The van der Waals surface area contributed by atoms with Crippen LogP contribution in [0, 0.1) is 11.8 Å². The van der Waals surface area contributed by atoms with Crippen LogP contribution in [0.5, 0.6) is 0 Å². The lowest BCUT2D eigenvalue weighted by Gasteiger charge is -2.17. The lowest BCUT2D eigenvalue weighted by molar-refractivity contribution is 0.298. The molecular formula is C12H17ClN2S. The number of nitrogens with two attached hydrogens (primary N) is 1. The van der Waals surface area contributed by atoms with Gasteiger partial charge in [0.1, 0.15) is 0 Å². The molecule has 2 fully saturated rings. The van der Waals surface area contributed by atoms with E-state index in [1.807, 2.05) is 0 Å². The van der Waals surface area contributed by atoms with Gasteiger partial charge in [0.25, 0.3) is 0 Å². The smallest absolute Gasteiger partial charge is 0.0973 e. The van der Waals surface area contributed by atoms with Gasteiger partial charge in [0, 0.05) is 25.7 Å². The van der Waals surface area contributed by atoms with E-state index in [1.165, 1.54) is 24.9 Å². The van der Waals surface area contributed by atoms with Gasteiger partial charge in [0.2, 0.25) is 0 Å². The molecular weight excluding hydrogens is 240 g/mol. The summed E-state index contributed by atoms with van der Waals surface area (Å²) in [7, 11) is 0. The maximum absolute atomic E-state index is 6.13. The fourth-order valence-corrected chi connectivity index (χ4v) is 4.11. The largest absolute Gasteiger partial charge is 0.327 e. The van der Waals surface area contributed by atoms with Crippen LogP contribution < -0.4 is 5.73 Å². The molecule has 1 saturated heterocycles. The Bertz CT molecular complexity index is 379. The van der Waals surface area contributed by atoms with E-state index >= 15 is 0 Å². The zero-order valence-electron chi connectivity index (χ0n) is 9.23. The molecule has 3 atom stereocenters. The molecule has 1 saturated carbocycles. The third kappa shape index (κ3) is 1.90. The molecule has 16 heavy (non-hydrogen) atoms. The average molecular weight is 257 g/mol. The van der Waals surface area contributed by atoms with E-state index in [9.17, 15) is 0 Å². The highest BCUT2D eigenvalue weighted by Gasteiger charge is 2.40. The van der Waals surface area contributed by atoms with E-state index in [-0.39, 0.29) is 0 Å². The Morgan fingerprint density at radius 3 is 3.00 bits per heavy atom. The average Bonchev–Trinajstić information content (AvgIpc) is 2.90. The van der Waals surface area contributed by atoms with Gasteiger partial charge in [-0.3, -0.25) is 4.90 Å². The molecule has 1 aliphatic heterocycles. The standard InChI is InChI=1S/C12H17ClN2S/c13-12-9(3-4-16-12)6-15-5-8-1-2-11(14)10(8)7-15/h3-4,8,10-11H,1-2,5-7,14H2. The van der Waals surface area contributed by atoms with Crippen LogP contribution in [0.15, 0.2) is 11.4 Å². The summed E-state index contributed by atoms with van der Waals surface area (Å²) >= 11 is 7.76. The Balaban J connectivity index is 1.65. The Kier molecular flexibility index (Phi) is 2.96. The van der Waals surface area contributed by atoms with Crippen LogP contribution >= 0.6 is 22.9 Å². The van der Waals surface area contributed by atoms with E-state index in [2.05, 4.69) is 16.3 Å². The third-order valence-corrected chi connectivity index (χ3v) is 5.33. The molecule has 1 aromatic heterocycles. The molecule has 2 nitrogen and oxygen atoms in total. The van der Waals surface area contributed by atoms with Gasteiger partial charge in [0.05, 0.1) is 4.34 Å². The highest BCUT2D eigenvalue weighted by Crippen LogP contribution is 2.38. The third-order valence-electron chi connectivity index (χ3n) is 4.08. The highest BCUT2D eigenvalue weighted by atomic mass is 35.5. The summed E-state index contributed by atoms with van der Waals surface area (Å²) in [5.41, 5.74) is 7.41. The summed E-state index contributed by atoms with van der Waals surface area (Å²) in [6.07, 6.45) is 2.54. The van der Waals surface area contributed by atoms with Crippen molar-refractivity contribution in [3.05, 3.63) is 21.3 Å². The molecule has 0 aromatic carbocycles. The summed E-state index contributed by atoms with van der Waals surface area (Å²) in [6, 6.07) is 2.58. The normalized spacial score (nSPS) is 34.5. The van der Waals surface area contributed by atoms with Crippen LogP contribution in [0.4, 0.5) is 0 Å². The predicted octanol–water partition coefficient (Wildman–Crippen LogP) is 2.57. The van der Waals surface area contributed by atoms with Crippen molar-refractivity contribution in [1.82, 2.24) is 4.90 Å². The Morgan fingerprint density at radius 2 is 2.31 bits per heavy atom. The number of nitrogens with zero attached hydrogens (tertiary/aromatic N) is 1. The van der Waals surface area contributed by atoms with Crippen molar-refractivity contribution in [2.75, 3.05) is 13.1 Å². The number of hydrogen-bond donors (Lipinski definition) is 1. The van der Waals surface area contributed by atoms with Crippen LogP contribution in [0.25, 0.3) is 0 Å². The van der Waals surface area contributed by atoms with Crippen LogP contribution in [-0.4, -0.2) is 24.0 Å². The first-order chi connectivity index (χ1) is 7.74. The minimum atomic E-state index is 0.438. The number of fused-ring (bicyclic) bond motifs is 1. The maximum atomic E-state index is 6.13. The molecule has 3 unspecified atom stereocenters. The van der Waals surface area contributed by atoms with Crippen LogP contribution in [0.2, 0.25) is 4.34 Å². The Hall–Kier alpha value is -0.0900. The van der Waals surface area contributed by atoms with Gasteiger partial charge in [0.15, 0.2) is 0 Å². The molecule has 0 amide bonds. The summed E-state index contributed by atoms with van der Waals surface area (Å²) in [5, 5.41) is 2.07. The van der Waals surface area contributed by atoms with Crippen LogP contribution in [-0.2, 0) is 6.54 Å². The second-order valence-corrected chi connectivity index (χ2v) is 6.60. The zero-order chi connectivity index (χ0) is 11.1. The summed E-state index contributed by atoms with van der Waals surface area (Å²) < 4.78 is 0.946. The van der Waals surface area contributed by atoms with Crippen molar-refractivity contribution in [1.29, 1.82) is 0 Å². The van der Waals surface area contributed by atoms with Gasteiger partial charge in [-0.25, -0.2) is 0 Å². The van der Waals surface area contributed by atoms with Gasteiger partial charge < -0.3 is 5.73 Å². The summed E-state index contributed by atoms with van der Waals surface area (Å²) in [5.74, 6) is 1.57. The molecule has 0 bridgehead atoms. The number of hydrogen-bond acceptors (Lipinski definition) is 3. The second kappa shape index (κ2) is 4.30. The van der Waals surface area contributed by atoms with Gasteiger partial charge in [-0.2, -0.15) is 0 Å². The van der Waals surface area contributed by atoms with Crippen molar-refractivity contribution in [3.63, 3.8) is 0 Å². The first-order valence-electron chi connectivity index (χ1n) is 5.94. The summed E-state index contributed by atoms with van der Waals surface area (Å²) in [4.78, 5) is 2.52. The topological polar surface area (TPSA) is 29.3 Å². The SMILES string of the molecule is NC1CCC2CN(Cc3ccsc3Cl)CC12. The number of rotatable bonds is 2. The van der Waals surface area contributed by atoms with E-state index in [4.69, 9.17) is 17.3 Å². The first-order valence-corrected chi connectivity index (χ1v) is 7.19. The van der Waals surface area contributed by atoms with Crippen molar-refractivity contribution in [2.24, 2.45) is 17.6 Å². The van der Waals surface area contributed by atoms with Crippen molar-refractivity contribution in [3.8, 4) is 0 Å². The number of likely N-dealkylation sites (tertiary alicyclic amines) is 1. The van der Waals surface area contributed by atoms with Crippen molar-refractivity contribution < 1.29 is 0 Å². The fraction of sp³-hybridized carbons (Fsp3) is 0.667. The number of thiophene rings is 1. The Labute approximate surface area is 105 Å². The van der Waals surface area contributed by atoms with E-state index in [1.54, 1.807) is 11.3 Å². The second-order valence-electron chi connectivity index (χ2n) is 5.08. The minimum absolute atomic E-state index is 0.438. The molecule has 1 aromatic rings. The van der Waals surface area contributed by atoms with Crippen LogP contribution in [0.1, 0.15) is 18.4 Å². The fourth-order valence-electron chi connectivity index (χ4n) is 3.20. The van der Waals surface area contributed by atoms with Gasteiger partial charge >= 0.3 is 0 Å². The van der Waals surface area contributed by atoms with Gasteiger partial charge in [-0.1, -0.05) is 11.6 Å². The molecule has 88 valence electrons. The zero-order valence-corrected chi connectivity index (χ0v) is 10.8.